The molecule has 0 aliphatic carbocycles. The molecular formula is C13H16F3NO. The first-order valence-electron chi connectivity index (χ1n) is 6.09. The molecule has 1 heterocycles. The first-order chi connectivity index (χ1) is 8.55. The molecular weight excluding hydrogens is 243 g/mol. The minimum absolute atomic E-state index is 0.244. The van der Waals surface area contributed by atoms with E-state index < -0.39 is 11.7 Å². The van der Waals surface area contributed by atoms with Gasteiger partial charge in [-0.05, 0) is 37.6 Å². The van der Waals surface area contributed by atoms with Gasteiger partial charge in [0.1, 0.15) is 12.4 Å². The fourth-order valence-electron chi connectivity index (χ4n) is 2.03. The monoisotopic (exact) mass is 259 g/mol. The highest BCUT2D eigenvalue weighted by atomic mass is 19.4. The van der Waals surface area contributed by atoms with E-state index in [-0.39, 0.29) is 11.8 Å². The van der Waals surface area contributed by atoms with Gasteiger partial charge in [-0.1, -0.05) is 12.5 Å². The molecule has 1 N–H and O–H groups in total. The maximum atomic E-state index is 12.5. The summed E-state index contributed by atoms with van der Waals surface area (Å²) in [5.74, 6) is 0.275. The molecule has 18 heavy (non-hydrogen) atoms. The van der Waals surface area contributed by atoms with Crippen LogP contribution in [-0.4, -0.2) is 19.2 Å². The van der Waals surface area contributed by atoms with E-state index in [0.717, 1.165) is 37.9 Å². The van der Waals surface area contributed by atoms with Crippen LogP contribution in [0.2, 0.25) is 0 Å². The summed E-state index contributed by atoms with van der Waals surface area (Å²) in [6.45, 7) is 1.37. The fraction of sp³-hybridized carbons (Fsp3) is 0.538. The van der Waals surface area contributed by atoms with Crippen LogP contribution in [0.4, 0.5) is 13.2 Å². The summed E-state index contributed by atoms with van der Waals surface area (Å²) in [6.07, 6.45) is -1.01. The van der Waals surface area contributed by atoms with Crippen molar-refractivity contribution >= 4 is 0 Å². The number of alkyl halides is 3. The van der Waals surface area contributed by atoms with Crippen molar-refractivity contribution in [2.24, 2.45) is 0 Å². The van der Waals surface area contributed by atoms with Gasteiger partial charge in [-0.15, -0.1) is 0 Å². The van der Waals surface area contributed by atoms with E-state index in [1.807, 2.05) is 0 Å². The normalized spacial score (nSPS) is 20.7. The summed E-state index contributed by atoms with van der Waals surface area (Å²) in [5.41, 5.74) is -0.670. The lowest BCUT2D eigenvalue weighted by Crippen LogP contribution is -2.38. The van der Waals surface area contributed by atoms with Crippen molar-refractivity contribution < 1.29 is 17.9 Å². The van der Waals surface area contributed by atoms with Crippen LogP contribution in [0.1, 0.15) is 24.8 Å². The van der Waals surface area contributed by atoms with Gasteiger partial charge in [0.05, 0.1) is 5.56 Å². The van der Waals surface area contributed by atoms with E-state index >= 15 is 0 Å². The molecule has 0 amide bonds. The van der Waals surface area contributed by atoms with Gasteiger partial charge in [0.15, 0.2) is 0 Å². The molecule has 5 heteroatoms. The number of hydrogen-bond donors (Lipinski definition) is 1. The van der Waals surface area contributed by atoms with Crippen molar-refractivity contribution in [1.29, 1.82) is 0 Å². The standard InChI is InChI=1S/C13H16F3NO/c14-13(15,16)10-4-3-6-12(8-10)18-9-11-5-1-2-7-17-11/h3-4,6,8,11,17H,1-2,5,7,9H2. The van der Waals surface area contributed by atoms with Gasteiger partial charge < -0.3 is 10.1 Å². The first-order valence-corrected chi connectivity index (χ1v) is 6.09. The highest BCUT2D eigenvalue weighted by molar-refractivity contribution is 5.30. The molecule has 0 bridgehead atoms. The van der Waals surface area contributed by atoms with E-state index in [1.165, 1.54) is 6.07 Å². The van der Waals surface area contributed by atoms with Gasteiger partial charge in [-0.2, -0.15) is 13.2 Å². The molecule has 1 atom stereocenters. The lowest BCUT2D eigenvalue weighted by molar-refractivity contribution is -0.137. The molecule has 1 aromatic carbocycles. The Bertz CT molecular complexity index is 386. The predicted molar refractivity (Wildman–Crippen MR) is 62.6 cm³/mol. The van der Waals surface area contributed by atoms with Crippen molar-refractivity contribution in [3.8, 4) is 5.75 Å². The molecule has 1 aliphatic rings. The van der Waals surface area contributed by atoms with Gasteiger partial charge >= 0.3 is 6.18 Å². The van der Waals surface area contributed by atoms with E-state index in [4.69, 9.17) is 4.74 Å². The molecule has 100 valence electrons. The van der Waals surface area contributed by atoms with Crippen LogP contribution in [0.25, 0.3) is 0 Å². The van der Waals surface area contributed by atoms with Crippen LogP contribution in [-0.2, 0) is 6.18 Å². The summed E-state index contributed by atoms with van der Waals surface area (Å²) in [4.78, 5) is 0. The number of benzene rings is 1. The third-order valence-corrected chi connectivity index (χ3v) is 3.02. The number of piperidine rings is 1. The van der Waals surface area contributed by atoms with Gasteiger partial charge in [0.2, 0.25) is 0 Å². The highest BCUT2D eigenvalue weighted by Crippen LogP contribution is 2.31. The smallest absolute Gasteiger partial charge is 0.416 e. The number of halogens is 3. The average Bonchev–Trinajstić information content (AvgIpc) is 2.37. The van der Waals surface area contributed by atoms with Gasteiger partial charge in [0, 0.05) is 6.04 Å². The van der Waals surface area contributed by atoms with Gasteiger partial charge in [0.25, 0.3) is 0 Å². The van der Waals surface area contributed by atoms with Crippen molar-refractivity contribution in [3.05, 3.63) is 29.8 Å². The van der Waals surface area contributed by atoms with Crippen molar-refractivity contribution in [2.45, 2.75) is 31.5 Å². The Morgan fingerprint density at radius 1 is 1.28 bits per heavy atom. The van der Waals surface area contributed by atoms with Crippen LogP contribution in [0.5, 0.6) is 5.75 Å². The van der Waals surface area contributed by atoms with Gasteiger partial charge in [-0.25, -0.2) is 0 Å². The molecule has 1 aliphatic heterocycles. The van der Waals surface area contributed by atoms with Crippen molar-refractivity contribution in [1.82, 2.24) is 5.32 Å². The number of nitrogens with one attached hydrogen (secondary N) is 1. The lowest BCUT2D eigenvalue weighted by atomic mass is 10.1. The minimum Gasteiger partial charge on any atom is -0.492 e. The number of rotatable bonds is 3. The summed E-state index contributed by atoms with van der Waals surface area (Å²) in [6, 6.07) is 5.26. The second kappa shape index (κ2) is 5.61. The molecule has 0 radical (unpaired) electrons. The van der Waals surface area contributed by atoms with E-state index in [2.05, 4.69) is 5.32 Å². The molecule has 0 aromatic heterocycles. The lowest BCUT2D eigenvalue weighted by Gasteiger charge is -2.23. The maximum absolute atomic E-state index is 12.5. The molecule has 1 saturated heterocycles. The average molecular weight is 259 g/mol. The summed E-state index contributed by atoms with van der Waals surface area (Å²) >= 11 is 0. The van der Waals surface area contributed by atoms with Crippen molar-refractivity contribution in [2.75, 3.05) is 13.2 Å². The second-order valence-electron chi connectivity index (χ2n) is 4.48. The Kier molecular flexibility index (Phi) is 4.11. The Balaban J connectivity index is 1.92. The second-order valence-corrected chi connectivity index (χ2v) is 4.48. The van der Waals surface area contributed by atoms with E-state index in [9.17, 15) is 13.2 Å². The topological polar surface area (TPSA) is 21.3 Å². The molecule has 0 spiro atoms. The number of ether oxygens (including phenoxy) is 1. The Morgan fingerprint density at radius 2 is 2.11 bits per heavy atom. The summed E-state index contributed by atoms with van der Waals surface area (Å²) < 4.78 is 42.9. The zero-order valence-corrected chi connectivity index (χ0v) is 9.96. The zero-order chi connectivity index (χ0) is 13.0. The Hall–Kier alpha value is -1.23. The van der Waals surface area contributed by atoms with Crippen molar-refractivity contribution in [3.63, 3.8) is 0 Å². The summed E-state index contributed by atoms with van der Waals surface area (Å²) in [5, 5.41) is 3.29. The first kappa shape index (κ1) is 13.2. The molecule has 1 fully saturated rings. The van der Waals surface area contributed by atoms with Crippen LogP contribution < -0.4 is 10.1 Å². The van der Waals surface area contributed by atoms with Crippen LogP contribution in [0, 0.1) is 0 Å². The molecule has 2 nitrogen and oxygen atoms in total. The maximum Gasteiger partial charge on any atom is 0.416 e. The molecule has 1 unspecified atom stereocenters. The van der Waals surface area contributed by atoms with E-state index in [1.54, 1.807) is 6.07 Å². The summed E-state index contributed by atoms with van der Waals surface area (Å²) in [7, 11) is 0. The Labute approximate surface area is 104 Å². The minimum atomic E-state index is -4.32. The van der Waals surface area contributed by atoms with Crippen LogP contribution in [0.3, 0.4) is 0 Å². The fourth-order valence-corrected chi connectivity index (χ4v) is 2.03. The van der Waals surface area contributed by atoms with Gasteiger partial charge in [-0.3, -0.25) is 0 Å². The Morgan fingerprint density at radius 3 is 2.78 bits per heavy atom. The molecule has 1 aromatic rings. The number of hydrogen-bond acceptors (Lipinski definition) is 2. The third-order valence-electron chi connectivity index (χ3n) is 3.02. The molecule has 2 rings (SSSR count). The quantitative estimate of drug-likeness (QED) is 0.899. The predicted octanol–water partition coefficient (Wildman–Crippen LogP) is 3.23. The third kappa shape index (κ3) is 3.63. The van der Waals surface area contributed by atoms with Crippen LogP contribution >= 0.6 is 0 Å². The SMILES string of the molecule is FC(F)(F)c1cccc(OCC2CCCCN2)c1. The largest absolute Gasteiger partial charge is 0.492 e. The van der Waals surface area contributed by atoms with E-state index in [0.29, 0.717) is 6.61 Å². The molecule has 0 saturated carbocycles. The zero-order valence-electron chi connectivity index (χ0n) is 9.96. The highest BCUT2D eigenvalue weighted by Gasteiger charge is 2.30. The van der Waals surface area contributed by atoms with Crippen LogP contribution in [0.15, 0.2) is 24.3 Å².